The minimum atomic E-state index is -5.47. The van der Waals surface area contributed by atoms with Gasteiger partial charge in [0, 0.05) is 23.5 Å². The van der Waals surface area contributed by atoms with E-state index in [0.717, 1.165) is 30.3 Å². The van der Waals surface area contributed by atoms with E-state index in [4.69, 9.17) is 20.9 Å². The normalized spacial score (nSPS) is 12.5. The molecule has 0 unspecified atom stereocenters. The molecular formula is C21H12F10N2O2. The van der Waals surface area contributed by atoms with Crippen LogP contribution in [0.5, 0.6) is 23.0 Å². The molecule has 0 aliphatic heterocycles. The van der Waals surface area contributed by atoms with E-state index in [1.54, 1.807) is 0 Å². The fraction of sp³-hybridized carbons (Fsp3) is 0.143. The van der Waals surface area contributed by atoms with E-state index in [1.165, 1.54) is 0 Å². The van der Waals surface area contributed by atoms with Crippen molar-refractivity contribution in [3.63, 3.8) is 0 Å². The molecule has 35 heavy (non-hydrogen) atoms. The molecule has 0 fully saturated rings. The lowest BCUT2D eigenvalue weighted by molar-refractivity contribution is -0.141. The molecule has 0 aliphatic carbocycles. The highest BCUT2D eigenvalue weighted by Crippen LogP contribution is 2.47. The Labute approximate surface area is 189 Å². The number of hydrogen-bond donors (Lipinski definition) is 2. The van der Waals surface area contributed by atoms with Crippen molar-refractivity contribution >= 4 is 11.4 Å². The van der Waals surface area contributed by atoms with Crippen LogP contribution in [-0.2, 0) is 18.5 Å². The summed E-state index contributed by atoms with van der Waals surface area (Å²) in [5, 5.41) is 0. The number of anilines is 2. The molecular weight excluding hydrogens is 502 g/mol. The molecule has 188 valence electrons. The van der Waals surface area contributed by atoms with E-state index in [0.29, 0.717) is 12.1 Å². The Morgan fingerprint density at radius 2 is 0.971 bits per heavy atom. The molecule has 0 aliphatic rings. The fourth-order valence-corrected chi connectivity index (χ4v) is 3.09. The molecule has 0 atom stereocenters. The second-order valence-electron chi connectivity index (χ2n) is 6.92. The van der Waals surface area contributed by atoms with E-state index in [2.05, 4.69) is 0 Å². The number of rotatable bonds is 4. The summed E-state index contributed by atoms with van der Waals surface area (Å²) in [7, 11) is 0. The third kappa shape index (κ3) is 5.46. The highest BCUT2D eigenvalue weighted by molar-refractivity contribution is 5.59. The molecule has 0 bridgehead atoms. The first-order valence-electron chi connectivity index (χ1n) is 9.18. The van der Waals surface area contributed by atoms with Crippen LogP contribution in [0.25, 0.3) is 0 Å². The predicted octanol–water partition coefficient (Wildman–Crippen LogP) is 7.63. The average molecular weight is 514 g/mol. The van der Waals surface area contributed by atoms with Gasteiger partial charge in [-0.1, -0.05) is 12.1 Å². The molecule has 0 spiro atoms. The molecule has 3 aromatic rings. The first kappa shape index (κ1) is 25.8. The van der Waals surface area contributed by atoms with Crippen LogP contribution < -0.4 is 20.9 Å². The van der Waals surface area contributed by atoms with Crippen molar-refractivity contribution in [2.24, 2.45) is 0 Å². The molecule has 0 saturated carbocycles. The maximum Gasteiger partial charge on any atom is 0.422 e. The van der Waals surface area contributed by atoms with Gasteiger partial charge in [-0.3, -0.25) is 0 Å². The smallest absolute Gasteiger partial charge is 0.422 e. The van der Waals surface area contributed by atoms with E-state index < -0.39 is 75.4 Å². The van der Waals surface area contributed by atoms with Crippen molar-refractivity contribution in [1.82, 2.24) is 0 Å². The zero-order chi connectivity index (χ0) is 26.3. The lowest BCUT2D eigenvalue weighted by Crippen LogP contribution is -2.14. The third-order valence-corrected chi connectivity index (χ3v) is 4.44. The largest absolute Gasteiger partial charge is 0.456 e. The Hall–Kier alpha value is -3.84. The number of benzene rings is 3. The van der Waals surface area contributed by atoms with E-state index in [9.17, 15) is 43.9 Å². The van der Waals surface area contributed by atoms with Gasteiger partial charge in [-0.15, -0.1) is 0 Å². The van der Waals surface area contributed by atoms with Gasteiger partial charge in [-0.2, -0.15) is 39.5 Å². The molecule has 3 aromatic carbocycles. The minimum absolute atomic E-state index is 0.100. The summed E-state index contributed by atoms with van der Waals surface area (Å²) in [6.07, 6.45) is -15.7. The molecule has 4 N–H and O–H groups in total. The van der Waals surface area contributed by atoms with Crippen LogP contribution in [0.3, 0.4) is 0 Å². The Balaban J connectivity index is 2.18. The number of hydrogen-bond acceptors (Lipinski definition) is 4. The van der Waals surface area contributed by atoms with Gasteiger partial charge >= 0.3 is 18.5 Å². The number of ether oxygens (including phenoxy) is 2. The Morgan fingerprint density at radius 1 is 0.543 bits per heavy atom. The van der Waals surface area contributed by atoms with Gasteiger partial charge in [-0.05, 0) is 24.3 Å². The van der Waals surface area contributed by atoms with Crippen molar-refractivity contribution in [3.8, 4) is 23.0 Å². The van der Waals surface area contributed by atoms with Gasteiger partial charge < -0.3 is 20.9 Å². The molecule has 0 amide bonds. The summed E-state index contributed by atoms with van der Waals surface area (Å²) in [6.45, 7) is 0. The van der Waals surface area contributed by atoms with Gasteiger partial charge in [0.25, 0.3) is 0 Å². The topological polar surface area (TPSA) is 70.5 Å². The summed E-state index contributed by atoms with van der Waals surface area (Å²) in [5.41, 5.74) is 3.63. The van der Waals surface area contributed by atoms with Gasteiger partial charge in [0.15, 0.2) is 0 Å². The number of nitrogen functional groups attached to an aromatic ring is 2. The van der Waals surface area contributed by atoms with Crippen LogP contribution in [0.1, 0.15) is 16.7 Å². The summed E-state index contributed by atoms with van der Waals surface area (Å²) < 4.78 is 145. The maximum atomic E-state index is 14.5. The first-order chi connectivity index (χ1) is 16.0. The van der Waals surface area contributed by atoms with E-state index >= 15 is 0 Å². The summed E-state index contributed by atoms with van der Waals surface area (Å²) in [4.78, 5) is 0. The SMILES string of the molecule is Nc1cccc(Oc2cc(F)c(C(F)(F)F)c(Oc3cccc(N)c3C(F)(F)F)c2)c1C(F)(F)F. The van der Waals surface area contributed by atoms with Crippen LogP contribution in [0.4, 0.5) is 55.3 Å². The predicted molar refractivity (Wildman–Crippen MR) is 103 cm³/mol. The summed E-state index contributed by atoms with van der Waals surface area (Å²) >= 11 is 0. The Kier molecular flexibility index (Phi) is 6.44. The quantitative estimate of drug-likeness (QED) is 0.278. The molecule has 14 heteroatoms. The average Bonchev–Trinajstić information content (AvgIpc) is 2.64. The fourth-order valence-electron chi connectivity index (χ4n) is 3.09. The molecule has 0 saturated heterocycles. The lowest BCUT2D eigenvalue weighted by atomic mass is 10.1. The number of halogens is 10. The van der Waals surface area contributed by atoms with Gasteiger partial charge in [0.2, 0.25) is 0 Å². The monoisotopic (exact) mass is 514 g/mol. The lowest BCUT2D eigenvalue weighted by Gasteiger charge is -2.20. The molecule has 4 nitrogen and oxygen atoms in total. The molecule has 3 rings (SSSR count). The third-order valence-electron chi connectivity index (χ3n) is 4.44. The van der Waals surface area contributed by atoms with Crippen molar-refractivity contribution < 1.29 is 53.4 Å². The van der Waals surface area contributed by atoms with Crippen molar-refractivity contribution in [2.75, 3.05) is 11.5 Å². The van der Waals surface area contributed by atoms with Crippen molar-refractivity contribution in [1.29, 1.82) is 0 Å². The second kappa shape index (κ2) is 8.74. The highest BCUT2D eigenvalue weighted by atomic mass is 19.4. The first-order valence-corrected chi connectivity index (χ1v) is 9.18. The standard InChI is InChI=1S/C21H12F10N2O2/c22-10-7-9(34-13-5-1-3-11(32)17(13)20(26,27)28)8-15(16(10)19(23,24)25)35-14-6-2-4-12(33)18(14)21(29,30)31/h1-8H,32-33H2. The highest BCUT2D eigenvalue weighted by Gasteiger charge is 2.42. The Morgan fingerprint density at radius 3 is 1.40 bits per heavy atom. The zero-order valence-corrected chi connectivity index (χ0v) is 16.9. The molecule has 0 radical (unpaired) electrons. The van der Waals surface area contributed by atoms with E-state index in [1.807, 2.05) is 0 Å². The number of alkyl halides is 9. The van der Waals surface area contributed by atoms with Gasteiger partial charge in [-0.25, -0.2) is 4.39 Å². The summed E-state index contributed by atoms with van der Waals surface area (Å²) in [6, 6.07) is 5.42. The van der Waals surface area contributed by atoms with Gasteiger partial charge in [0.05, 0.1) is 0 Å². The minimum Gasteiger partial charge on any atom is -0.456 e. The maximum absolute atomic E-state index is 14.5. The van der Waals surface area contributed by atoms with Crippen LogP contribution in [0.2, 0.25) is 0 Å². The van der Waals surface area contributed by atoms with E-state index in [-0.39, 0.29) is 6.07 Å². The number of nitrogens with two attached hydrogens (primary N) is 2. The summed E-state index contributed by atoms with van der Waals surface area (Å²) in [5.74, 6) is -6.75. The van der Waals surface area contributed by atoms with Crippen molar-refractivity contribution in [3.05, 3.63) is 71.0 Å². The Bertz CT molecular complexity index is 1250. The second-order valence-corrected chi connectivity index (χ2v) is 6.92. The van der Waals surface area contributed by atoms with Crippen LogP contribution >= 0.6 is 0 Å². The van der Waals surface area contributed by atoms with Crippen molar-refractivity contribution in [2.45, 2.75) is 18.5 Å². The zero-order valence-electron chi connectivity index (χ0n) is 16.9. The van der Waals surface area contributed by atoms with Crippen LogP contribution in [0, 0.1) is 5.82 Å². The van der Waals surface area contributed by atoms with Crippen LogP contribution in [0.15, 0.2) is 48.5 Å². The van der Waals surface area contributed by atoms with Gasteiger partial charge in [0.1, 0.15) is 45.5 Å². The molecule has 0 aromatic heterocycles. The van der Waals surface area contributed by atoms with Crippen LogP contribution in [-0.4, -0.2) is 0 Å². The molecule has 0 heterocycles.